The van der Waals surface area contributed by atoms with Gasteiger partial charge in [0.25, 0.3) is 0 Å². The Balaban J connectivity index is 1.62. The Labute approximate surface area is 179 Å². The molecule has 2 aliphatic rings. The molecule has 8 nitrogen and oxygen atoms in total. The molecule has 30 heavy (non-hydrogen) atoms. The number of nitrogens with one attached hydrogen (secondary N) is 2. The van der Waals surface area contributed by atoms with E-state index in [9.17, 15) is 15.2 Å². The summed E-state index contributed by atoms with van der Waals surface area (Å²) in [4.78, 5) is 22.7. The summed E-state index contributed by atoms with van der Waals surface area (Å²) in [6, 6.07) is 2.47. The number of nitrogens with zero attached hydrogens (tertiary/aromatic N) is 4. The smallest absolute Gasteiger partial charge is 0.225 e. The summed E-state index contributed by atoms with van der Waals surface area (Å²) in [5.74, 6) is 1.33. The minimum Gasteiger partial charge on any atom is -0.390 e. The highest BCUT2D eigenvalue weighted by molar-refractivity contribution is 5.78. The molecule has 2 saturated carbocycles. The average molecular weight is 415 g/mol. The van der Waals surface area contributed by atoms with Gasteiger partial charge < -0.3 is 20.6 Å². The average Bonchev–Trinajstić information content (AvgIpc) is 2.74. The monoisotopic (exact) mass is 414 g/mol. The SMILES string of the molecule is CC[C@]1(O)CCC[C@@H](Nc2nc(NC3CCC(C(=O)N(C)C)CC3)ncc2C#N)C1. The summed E-state index contributed by atoms with van der Waals surface area (Å²) in [6.45, 7) is 2.01. The van der Waals surface area contributed by atoms with E-state index < -0.39 is 5.60 Å². The van der Waals surface area contributed by atoms with Crippen molar-refractivity contribution in [3.8, 4) is 6.07 Å². The number of carbonyl (C=O) groups is 1. The summed E-state index contributed by atoms with van der Waals surface area (Å²) < 4.78 is 0. The van der Waals surface area contributed by atoms with Crippen LogP contribution in [0.15, 0.2) is 6.20 Å². The third-order valence-corrected chi connectivity index (χ3v) is 6.58. The van der Waals surface area contributed by atoms with Gasteiger partial charge in [-0.1, -0.05) is 6.92 Å². The summed E-state index contributed by atoms with van der Waals surface area (Å²) in [5, 5.41) is 26.9. The van der Waals surface area contributed by atoms with Crippen LogP contribution >= 0.6 is 0 Å². The lowest BCUT2D eigenvalue weighted by Gasteiger charge is -2.36. The van der Waals surface area contributed by atoms with Gasteiger partial charge in [0.2, 0.25) is 11.9 Å². The van der Waals surface area contributed by atoms with Crippen molar-refractivity contribution in [3.63, 3.8) is 0 Å². The number of hydrogen-bond donors (Lipinski definition) is 3. The molecule has 0 unspecified atom stereocenters. The van der Waals surface area contributed by atoms with Crippen LogP contribution in [0.2, 0.25) is 0 Å². The first-order valence-electron chi connectivity index (χ1n) is 11.1. The van der Waals surface area contributed by atoms with Crippen molar-refractivity contribution in [2.24, 2.45) is 5.92 Å². The third kappa shape index (κ3) is 5.39. The number of amides is 1. The van der Waals surface area contributed by atoms with Crippen LogP contribution in [-0.2, 0) is 4.79 Å². The molecule has 0 aromatic carbocycles. The van der Waals surface area contributed by atoms with Gasteiger partial charge >= 0.3 is 0 Å². The van der Waals surface area contributed by atoms with Crippen molar-refractivity contribution >= 4 is 17.7 Å². The molecule has 0 spiro atoms. The molecule has 3 N–H and O–H groups in total. The second-order valence-corrected chi connectivity index (χ2v) is 9.01. The molecule has 3 rings (SSSR count). The van der Waals surface area contributed by atoms with Crippen LogP contribution in [0.4, 0.5) is 11.8 Å². The van der Waals surface area contributed by atoms with E-state index in [-0.39, 0.29) is 23.9 Å². The molecule has 0 saturated heterocycles. The maximum atomic E-state index is 12.2. The van der Waals surface area contributed by atoms with Crippen molar-refractivity contribution in [2.45, 2.75) is 82.4 Å². The molecule has 1 heterocycles. The number of anilines is 2. The first-order valence-corrected chi connectivity index (χ1v) is 11.1. The van der Waals surface area contributed by atoms with Crippen LogP contribution in [0.25, 0.3) is 0 Å². The van der Waals surface area contributed by atoms with Gasteiger partial charge in [-0.2, -0.15) is 10.2 Å². The van der Waals surface area contributed by atoms with E-state index in [1.54, 1.807) is 25.2 Å². The van der Waals surface area contributed by atoms with Crippen LogP contribution in [0.1, 0.15) is 70.3 Å². The van der Waals surface area contributed by atoms with Gasteiger partial charge in [-0.15, -0.1) is 0 Å². The number of aliphatic hydroxyl groups is 1. The number of carbonyl (C=O) groups excluding carboxylic acids is 1. The van der Waals surface area contributed by atoms with Gasteiger partial charge in [-0.3, -0.25) is 4.79 Å². The molecule has 1 aromatic rings. The molecule has 1 amide bonds. The lowest BCUT2D eigenvalue weighted by atomic mass is 9.80. The molecule has 0 bridgehead atoms. The van der Waals surface area contributed by atoms with Gasteiger partial charge in [-0.05, 0) is 57.8 Å². The van der Waals surface area contributed by atoms with Gasteiger partial charge in [-0.25, -0.2) is 4.98 Å². The predicted octanol–water partition coefficient (Wildman–Crippen LogP) is 2.90. The van der Waals surface area contributed by atoms with E-state index in [1.165, 1.54) is 0 Å². The molecular formula is C22H34N6O2. The first kappa shape index (κ1) is 22.3. The fourth-order valence-corrected chi connectivity index (χ4v) is 4.65. The Kier molecular flexibility index (Phi) is 7.14. The Morgan fingerprint density at radius 3 is 2.63 bits per heavy atom. The molecule has 1 aromatic heterocycles. The zero-order valence-corrected chi connectivity index (χ0v) is 18.3. The second-order valence-electron chi connectivity index (χ2n) is 9.01. The zero-order valence-electron chi connectivity index (χ0n) is 18.3. The maximum absolute atomic E-state index is 12.2. The van der Waals surface area contributed by atoms with Crippen molar-refractivity contribution < 1.29 is 9.90 Å². The van der Waals surface area contributed by atoms with Crippen LogP contribution < -0.4 is 10.6 Å². The molecule has 2 atom stereocenters. The first-order chi connectivity index (χ1) is 14.3. The lowest BCUT2D eigenvalue weighted by molar-refractivity contribution is -0.133. The Morgan fingerprint density at radius 2 is 2.00 bits per heavy atom. The highest BCUT2D eigenvalue weighted by Crippen LogP contribution is 2.33. The number of aromatic nitrogens is 2. The van der Waals surface area contributed by atoms with E-state index in [0.29, 0.717) is 23.8 Å². The second kappa shape index (κ2) is 9.61. The molecule has 8 heteroatoms. The normalized spacial score (nSPS) is 29.0. The topological polar surface area (TPSA) is 114 Å². The largest absolute Gasteiger partial charge is 0.390 e. The highest BCUT2D eigenvalue weighted by Gasteiger charge is 2.33. The fourth-order valence-electron chi connectivity index (χ4n) is 4.65. The highest BCUT2D eigenvalue weighted by atomic mass is 16.3. The maximum Gasteiger partial charge on any atom is 0.225 e. The quantitative estimate of drug-likeness (QED) is 0.656. The van der Waals surface area contributed by atoms with E-state index in [4.69, 9.17) is 0 Å². The molecule has 0 radical (unpaired) electrons. The van der Waals surface area contributed by atoms with Crippen LogP contribution in [0.3, 0.4) is 0 Å². The Morgan fingerprint density at radius 1 is 1.27 bits per heavy atom. The molecule has 164 valence electrons. The van der Waals surface area contributed by atoms with Gasteiger partial charge in [0.15, 0.2) is 0 Å². The van der Waals surface area contributed by atoms with E-state index in [0.717, 1.165) is 51.4 Å². The summed E-state index contributed by atoms with van der Waals surface area (Å²) >= 11 is 0. The summed E-state index contributed by atoms with van der Waals surface area (Å²) in [7, 11) is 3.61. The van der Waals surface area contributed by atoms with Crippen molar-refractivity contribution in [1.82, 2.24) is 14.9 Å². The fraction of sp³-hybridized carbons (Fsp3) is 0.727. The van der Waals surface area contributed by atoms with E-state index in [2.05, 4.69) is 26.7 Å². The Hall–Kier alpha value is -2.40. The minimum atomic E-state index is -0.639. The number of nitriles is 1. The van der Waals surface area contributed by atoms with Gasteiger partial charge in [0.05, 0.1) is 11.8 Å². The number of hydrogen-bond acceptors (Lipinski definition) is 7. The zero-order chi connectivity index (χ0) is 21.7. The molecule has 0 aliphatic heterocycles. The molecule has 2 fully saturated rings. The van der Waals surface area contributed by atoms with E-state index >= 15 is 0 Å². The summed E-state index contributed by atoms with van der Waals surface area (Å²) in [5.41, 5.74) is -0.231. The molecule has 2 aliphatic carbocycles. The van der Waals surface area contributed by atoms with Gasteiger partial charge in [0.1, 0.15) is 17.5 Å². The summed E-state index contributed by atoms with van der Waals surface area (Å²) in [6.07, 6.45) is 9.15. The van der Waals surface area contributed by atoms with E-state index in [1.807, 2.05) is 6.92 Å². The van der Waals surface area contributed by atoms with Crippen LogP contribution in [0, 0.1) is 17.2 Å². The third-order valence-electron chi connectivity index (χ3n) is 6.58. The van der Waals surface area contributed by atoms with Crippen molar-refractivity contribution in [3.05, 3.63) is 11.8 Å². The lowest BCUT2D eigenvalue weighted by Crippen LogP contribution is -2.40. The van der Waals surface area contributed by atoms with Crippen LogP contribution in [-0.4, -0.2) is 57.7 Å². The van der Waals surface area contributed by atoms with Crippen LogP contribution in [0.5, 0.6) is 0 Å². The standard InChI is InChI=1S/C22H34N6O2/c1-4-22(30)11-5-6-18(12-22)25-19-16(13-23)14-24-21(27-19)26-17-9-7-15(8-10-17)20(29)28(2)3/h14-15,17-18,30H,4-12H2,1-3H3,(H2,24,25,26,27)/t15?,17?,18-,22+/m1/s1. The molecular weight excluding hydrogens is 380 g/mol. The predicted molar refractivity (Wildman–Crippen MR) is 116 cm³/mol. The number of rotatable bonds is 6. The van der Waals surface area contributed by atoms with Crippen molar-refractivity contribution in [2.75, 3.05) is 24.7 Å². The minimum absolute atomic E-state index is 0.0889. The van der Waals surface area contributed by atoms with Crippen molar-refractivity contribution in [1.29, 1.82) is 5.26 Å². The van der Waals surface area contributed by atoms with Gasteiger partial charge in [0, 0.05) is 32.1 Å². The Bertz CT molecular complexity index is 784.